The Morgan fingerprint density at radius 1 is 0.727 bits per heavy atom. The molecule has 108 valence electrons. The molecule has 0 aromatic heterocycles. The van der Waals surface area contributed by atoms with Gasteiger partial charge >= 0.3 is 0 Å². The molecular formula is C17H25B5. The predicted octanol–water partition coefficient (Wildman–Crippen LogP) is -3.75. The Morgan fingerprint density at radius 3 is 1.64 bits per heavy atom. The standard InChI is InChI=1S/C17H25B5/c1-8-5-6-9(17(2,3)4)7-10(8)11-12(18)14(20)16(22)15(21)13(11)19/h5-7H,18-22H2,1-4H3. The van der Waals surface area contributed by atoms with Gasteiger partial charge in [0.15, 0.2) is 0 Å². The molecular weight excluding hydrogens is 258 g/mol. The fourth-order valence-corrected chi connectivity index (χ4v) is 3.26. The van der Waals surface area contributed by atoms with E-state index in [0.717, 1.165) is 0 Å². The first-order valence-electron chi connectivity index (χ1n) is 8.24. The Labute approximate surface area is 140 Å². The van der Waals surface area contributed by atoms with Gasteiger partial charge in [-0.25, -0.2) is 0 Å². The molecule has 0 unspecified atom stereocenters. The van der Waals surface area contributed by atoms with Crippen LogP contribution in [-0.2, 0) is 5.41 Å². The second kappa shape index (κ2) is 5.76. The number of benzene rings is 2. The van der Waals surface area contributed by atoms with Crippen LogP contribution in [0.5, 0.6) is 0 Å². The minimum Gasteiger partial charge on any atom is -0.102 e. The molecule has 0 N–H and O–H groups in total. The van der Waals surface area contributed by atoms with E-state index in [1.807, 2.05) is 0 Å². The van der Waals surface area contributed by atoms with E-state index >= 15 is 0 Å². The van der Waals surface area contributed by atoms with Gasteiger partial charge in [-0.1, -0.05) is 49.9 Å². The third kappa shape index (κ3) is 2.83. The van der Waals surface area contributed by atoms with Crippen molar-refractivity contribution < 1.29 is 0 Å². The van der Waals surface area contributed by atoms with Crippen LogP contribution in [0.1, 0.15) is 31.9 Å². The second-order valence-corrected chi connectivity index (χ2v) is 7.78. The summed E-state index contributed by atoms with van der Waals surface area (Å²) in [4.78, 5) is 0. The number of aryl methyl sites for hydroxylation is 1. The average Bonchev–Trinajstić information content (AvgIpc) is 2.44. The lowest BCUT2D eigenvalue weighted by Crippen LogP contribution is -2.55. The Bertz CT molecular complexity index is 713. The molecule has 22 heavy (non-hydrogen) atoms. The highest BCUT2D eigenvalue weighted by Gasteiger charge is 2.18. The highest BCUT2D eigenvalue weighted by molar-refractivity contribution is 6.68. The summed E-state index contributed by atoms with van der Waals surface area (Å²) in [6, 6.07) is 6.95. The molecule has 0 radical (unpaired) electrons. The summed E-state index contributed by atoms with van der Waals surface area (Å²) >= 11 is 0. The Hall–Kier alpha value is -1.24. The third-order valence-corrected chi connectivity index (χ3v) is 5.37. The molecule has 0 atom stereocenters. The van der Waals surface area contributed by atoms with E-state index in [2.05, 4.69) is 85.1 Å². The van der Waals surface area contributed by atoms with Crippen molar-refractivity contribution in [3.05, 3.63) is 29.3 Å². The van der Waals surface area contributed by atoms with Gasteiger partial charge in [-0.2, -0.15) is 0 Å². The Balaban J connectivity index is 2.83. The molecule has 0 fully saturated rings. The fourth-order valence-electron chi connectivity index (χ4n) is 3.26. The topological polar surface area (TPSA) is 0 Å². The lowest BCUT2D eigenvalue weighted by molar-refractivity contribution is 0.590. The zero-order valence-corrected chi connectivity index (χ0v) is 15.7. The van der Waals surface area contributed by atoms with Gasteiger partial charge in [-0.15, -0.1) is 16.4 Å². The normalized spacial score (nSPS) is 11.6. The molecule has 0 saturated carbocycles. The van der Waals surface area contributed by atoms with Crippen molar-refractivity contribution in [1.82, 2.24) is 0 Å². The lowest BCUT2D eigenvalue weighted by atomic mass is 9.59. The minimum atomic E-state index is 0.180. The van der Waals surface area contributed by atoms with Crippen LogP contribution in [-0.4, -0.2) is 39.2 Å². The second-order valence-electron chi connectivity index (χ2n) is 7.78. The number of hydrogen-bond donors (Lipinski definition) is 0. The van der Waals surface area contributed by atoms with E-state index in [0.29, 0.717) is 0 Å². The lowest BCUT2D eigenvalue weighted by Gasteiger charge is -2.25. The van der Waals surface area contributed by atoms with Gasteiger partial charge in [-0.3, -0.25) is 0 Å². The molecule has 0 bridgehead atoms. The van der Waals surface area contributed by atoms with E-state index in [9.17, 15) is 0 Å². The molecule has 2 aromatic rings. The number of hydrogen-bond acceptors (Lipinski definition) is 0. The van der Waals surface area contributed by atoms with Gasteiger partial charge in [0.25, 0.3) is 0 Å². The summed E-state index contributed by atoms with van der Waals surface area (Å²) < 4.78 is 0. The van der Waals surface area contributed by atoms with Crippen molar-refractivity contribution >= 4 is 66.5 Å². The first-order valence-corrected chi connectivity index (χ1v) is 8.24. The number of rotatable bonds is 1. The molecule has 0 aliphatic heterocycles. The molecule has 0 nitrogen and oxygen atoms in total. The Morgan fingerprint density at radius 2 is 1.18 bits per heavy atom. The molecule has 0 heterocycles. The first kappa shape index (κ1) is 17.1. The van der Waals surface area contributed by atoms with Crippen LogP contribution in [0.4, 0.5) is 0 Å². The van der Waals surface area contributed by atoms with Gasteiger partial charge in [0.1, 0.15) is 39.2 Å². The van der Waals surface area contributed by atoms with E-state index in [1.165, 1.54) is 49.6 Å². The van der Waals surface area contributed by atoms with Gasteiger partial charge in [0.2, 0.25) is 0 Å². The van der Waals surface area contributed by atoms with E-state index in [1.54, 1.807) is 0 Å². The highest BCUT2D eigenvalue weighted by Crippen LogP contribution is 2.28. The maximum absolute atomic E-state index is 2.40. The van der Waals surface area contributed by atoms with Gasteiger partial charge in [-0.05, 0) is 34.6 Å². The maximum atomic E-state index is 2.40. The van der Waals surface area contributed by atoms with Crippen LogP contribution in [0, 0.1) is 6.92 Å². The van der Waals surface area contributed by atoms with Crippen molar-refractivity contribution in [2.45, 2.75) is 33.1 Å². The summed E-state index contributed by atoms with van der Waals surface area (Å²) in [6.45, 7) is 9.08. The summed E-state index contributed by atoms with van der Waals surface area (Å²) in [6.07, 6.45) is 0. The van der Waals surface area contributed by atoms with Crippen molar-refractivity contribution in [3.63, 3.8) is 0 Å². The highest BCUT2D eigenvalue weighted by atomic mass is 14.2. The van der Waals surface area contributed by atoms with Crippen LogP contribution in [0.3, 0.4) is 0 Å². The first-order chi connectivity index (χ1) is 10.1. The van der Waals surface area contributed by atoms with E-state index < -0.39 is 0 Å². The van der Waals surface area contributed by atoms with Crippen molar-refractivity contribution in [2.24, 2.45) is 0 Å². The van der Waals surface area contributed by atoms with Crippen LogP contribution in [0.2, 0.25) is 0 Å². The van der Waals surface area contributed by atoms with Crippen LogP contribution in [0.15, 0.2) is 18.2 Å². The summed E-state index contributed by atoms with van der Waals surface area (Å²) in [5.41, 5.74) is 12.9. The van der Waals surface area contributed by atoms with Crippen LogP contribution < -0.4 is 27.3 Å². The molecule has 0 spiro atoms. The Kier molecular flexibility index (Phi) is 4.48. The van der Waals surface area contributed by atoms with Crippen LogP contribution >= 0.6 is 0 Å². The van der Waals surface area contributed by atoms with E-state index in [4.69, 9.17) is 0 Å². The maximum Gasteiger partial charge on any atom is 0.139 e. The smallest absolute Gasteiger partial charge is 0.102 e. The SMILES string of the molecule is Bc1c(B)c(B)c(-c2cc(C(C)(C)C)ccc2C)c(B)c1B. The van der Waals surface area contributed by atoms with Crippen molar-refractivity contribution in [3.8, 4) is 11.1 Å². The summed E-state index contributed by atoms with van der Waals surface area (Å²) in [5.74, 6) is 0. The molecule has 0 amide bonds. The van der Waals surface area contributed by atoms with Crippen molar-refractivity contribution in [1.29, 1.82) is 0 Å². The van der Waals surface area contributed by atoms with E-state index in [-0.39, 0.29) is 5.41 Å². The molecule has 0 aliphatic rings. The quantitative estimate of drug-likeness (QED) is 0.472. The zero-order chi connectivity index (χ0) is 16.8. The van der Waals surface area contributed by atoms with Gasteiger partial charge < -0.3 is 0 Å². The van der Waals surface area contributed by atoms with Gasteiger partial charge in [0, 0.05) is 0 Å². The molecule has 0 aliphatic carbocycles. The average molecular weight is 283 g/mol. The molecule has 0 saturated heterocycles. The molecule has 5 heteroatoms. The monoisotopic (exact) mass is 284 g/mol. The zero-order valence-electron chi connectivity index (χ0n) is 15.7. The fraction of sp³-hybridized carbons (Fsp3) is 0.294. The summed E-state index contributed by atoms with van der Waals surface area (Å²) in [5, 5.41) is 0. The van der Waals surface area contributed by atoms with Crippen molar-refractivity contribution in [2.75, 3.05) is 0 Å². The largest absolute Gasteiger partial charge is 0.139 e. The minimum absolute atomic E-state index is 0.180. The predicted molar refractivity (Wildman–Crippen MR) is 116 cm³/mol. The van der Waals surface area contributed by atoms with Crippen LogP contribution in [0.25, 0.3) is 11.1 Å². The third-order valence-electron chi connectivity index (χ3n) is 5.37. The molecule has 2 rings (SSSR count). The summed E-state index contributed by atoms with van der Waals surface area (Å²) in [7, 11) is 11.3. The van der Waals surface area contributed by atoms with Gasteiger partial charge in [0.05, 0.1) is 0 Å². The molecule has 2 aromatic carbocycles.